The SMILES string of the molecule is CCCc1nc(C(=O)Nc2cccnc2)n[nH]1. The Balaban J connectivity index is 2.04. The van der Waals surface area contributed by atoms with Crippen molar-refractivity contribution >= 4 is 11.6 Å². The Morgan fingerprint density at radius 2 is 2.41 bits per heavy atom. The standard InChI is InChI=1S/C11H13N5O/c1-2-4-9-14-10(16-15-9)11(17)13-8-5-3-6-12-7-8/h3,5-7H,2,4H2,1H3,(H,13,17)(H,14,15,16). The van der Waals surface area contributed by atoms with E-state index in [2.05, 4.69) is 25.5 Å². The molecular weight excluding hydrogens is 218 g/mol. The van der Waals surface area contributed by atoms with Gasteiger partial charge in [-0.3, -0.25) is 14.9 Å². The third kappa shape index (κ3) is 2.87. The largest absolute Gasteiger partial charge is 0.318 e. The van der Waals surface area contributed by atoms with E-state index in [4.69, 9.17) is 0 Å². The van der Waals surface area contributed by atoms with Crippen molar-refractivity contribution in [3.63, 3.8) is 0 Å². The molecule has 88 valence electrons. The van der Waals surface area contributed by atoms with E-state index in [-0.39, 0.29) is 11.7 Å². The average molecular weight is 231 g/mol. The molecule has 2 aromatic heterocycles. The van der Waals surface area contributed by atoms with Crippen molar-refractivity contribution in [3.8, 4) is 0 Å². The zero-order valence-corrected chi connectivity index (χ0v) is 9.47. The predicted octanol–water partition coefficient (Wildman–Crippen LogP) is 1.40. The van der Waals surface area contributed by atoms with Crippen molar-refractivity contribution in [2.45, 2.75) is 19.8 Å². The van der Waals surface area contributed by atoms with Crippen molar-refractivity contribution < 1.29 is 4.79 Å². The molecule has 1 amide bonds. The summed E-state index contributed by atoms with van der Waals surface area (Å²) in [6.07, 6.45) is 4.95. The monoisotopic (exact) mass is 231 g/mol. The molecule has 17 heavy (non-hydrogen) atoms. The maximum absolute atomic E-state index is 11.7. The number of H-pyrrole nitrogens is 1. The van der Waals surface area contributed by atoms with E-state index in [1.165, 1.54) is 0 Å². The Bertz CT molecular complexity index is 494. The molecule has 2 N–H and O–H groups in total. The number of anilines is 1. The number of nitrogens with one attached hydrogen (secondary N) is 2. The molecule has 0 aliphatic rings. The van der Waals surface area contributed by atoms with Crippen molar-refractivity contribution in [1.82, 2.24) is 20.2 Å². The molecule has 2 heterocycles. The molecule has 0 bridgehead atoms. The summed E-state index contributed by atoms with van der Waals surface area (Å²) >= 11 is 0. The minimum absolute atomic E-state index is 0.150. The quantitative estimate of drug-likeness (QED) is 0.833. The van der Waals surface area contributed by atoms with Crippen LogP contribution in [0.3, 0.4) is 0 Å². The summed E-state index contributed by atoms with van der Waals surface area (Å²) < 4.78 is 0. The highest BCUT2D eigenvalue weighted by atomic mass is 16.2. The van der Waals surface area contributed by atoms with E-state index >= 15 is 0 Å². The van der Waals surface area contributed by atoms with Gasteiger partial charge in [0.05, 0.1) is 11.9 Å². The molecule has 0 saturated heterocycles. The highest BCUT2D eigenvalue weighted by Gasteiger charge is 2.12. The molecule has 0 unspecified atom stereocenters. The molecule has 0 fully saturated rings. The summed E-state index contributed by atoms with van der Waals surface area (Å²) in [4.78, 5) is 19.7. The number of carbonyl (C=O) groups is 1. The number of hydrogen-bond acceptors (Lipinski definition) is 4. The van der Waals surface area contributed by atoms with Gasteiger partial charge in [-0.15, -0.1) is 5.10 Å². The fourth-order valence-corrected chi connectivity index (χ4v) is 1.37. The number of aromatic nitrogens is 4. The molecular formula is C11H13N5O. The average Bonchev–Trinajstić information content (AvgIpc) is 2.79. The van der Waals surface area contributed by atoms with Gasteiger partial charge in [0.1, 0.15) is 5.82 Å². The first-order chi connectivity index (χ1) is 8.29. The van der Waals surface area contributed by atoms with Crippen LogP contribution in [0.2, 0.25) is 0 Å². The fraction of sp³-hybridized carbons (Fsp3) is 0.273. The zero-order chi connectivity index (χ0) is 12.1. The van der Waals surface area contributed by atoms with Crippen LogP contribution in [0.25, 0.3) is 0 Å². The molecule has 0 saturated carbocycles. The Morgan fingerprint density at radius 1 is 1.53 bits per heavy atom. The lowest BCUT2D eigenvalue weighted by Crippen LogP contribution is -2.13. The van der Waals surface area contributed by atoms with Crippen molar-refractivity contribution in [2.24, 2.45) is 0 Å². The smallest absolute Gasteiger partial charge is 0.295 e. The molecule has 2 rings (SSSR count). The number of carbonyl (C=O) groups excluding carboxylic acids is 1. The van der Waals surface area contributed by atoms with Crippen LogP contribution < -0.4 is 5.32 Å². The van der Waals surface area contributed by atoms with Crippen LogP contribution in [-0.4, -0.2) is 26.1 Å². The van der Waals surface area contributed by atoms with E-state index in [0.717, 1.165) is 18.7 Å². The van der Waals surface area contributed by atoms with Crippen molar-refractivity contribution in [3.05, 3.63) is 36.2 Å². The fourth-order valence-electron chi connectivity index (χ4n) is 1.37. The second kappa shape index (κ2) is 5.20. The van der Waals surface area contributed by atoms with Crippen LogP contribution in [0.5, 0.6) is 0 Å². The Labute approximate surface area is 98.5 Å². The molecule has 2 aromatic rings. The normalized spacial score (nSPS) is 10.2. The number of pyridine rings is 1. The number of hydrogen-bond donors (Lipinski definition) is 2. The lowest BCUT2D eigenvalue weighted by Gasteiger charge is -1.99. The Morgan fingerprint density at radius 3 is 3.12 bits per heavy atom. The maximum Gasteiger partial charge on any atom is 0.295 e. The molecule has 0 aliphatic heterocycles. The summed E-state index contributed by atoms with van der Waals surface area (Å²) in [6.45, 7) is 2.04. The minimum Gasteiger partial charge on any atom is -0.318 e. The third-order valence-electron chi connectivity index (χ3n) is 2.14. The highest BCUT2D eigenvalue weighted by molar-refractivity contribution is 6.01. The molecule has 0 aliphatic carbocycles. The lowest BCUT2D eigenvalue weighted by atomic mass is 10.3. The third-order valence-corrected chi connectivity index (χ3v) is 2.14. The summed E-state index contributed by atoms with van der Waals surface area (Å²) in [5.41, 5.74) is 0.624. The van der Waals surface area contributed by atoms with Gasteiger partial charge >= 0.3 is 0 Å². The Hall–Kier alpha value is -2.24. The molecule has 0 radical (unpaired) electrons. The van der Waals surface area contributed by atoms with Crippen LogP contribution in [-0.2, 0) is 6.42 Å². The van der Waals surface area contributed by atoms with Crippen LogP contribution in [0, 0.1) is 0 Å². The van der Waals surface area contributed by atoms with E-state index in [1.54, 1.807) is 24.5 Å². The van der Waals surface area contributed by atoms with Gasteiger partial charge in [0.25, 0.3) is 5.91 Å². The van der Waals surface area contributed by atoms with Gasteiger partial charge in [-0.05, 0) is 18.6 Å². The summed E-state index contributed by atoms with van der Waals surface area (Å²) in [5, 5.41) is 9.27. The first-order valence-corrected chi connectivity index (χ1v) is 5.42. The molecule has 0 aromatic carbocycles. The first kappa shape index (κ1) is 11.3. The highest BCUT2D eigenvalue weighted by Crippen LogP contribution is 2.05. The van der Waals surface area contributed by atoms with E-state index in [1.807, 2.05) is 6.92 Å². The second-order valence-corrected chi connectivity index (χ2v) is 3.55. The minimum atomic E-state index is -0.336. The van der Waals surface area contributed by atoms with Gasteiger partial charge in [-0.25, -0.2) is 4.98 Å². The number of rotatable bonds is 4. The molecule has 0 spiro atoms. The topological polar surface area (TPSA) is 83.6 Å². The van der Waals surface area contributed by atoms with Crippen LogP contribution in [0.15, 0.2) is 24.5 Å². The number of amides is 1. The summed E-state index contributed by atoms with van der Waals surface area (Å²) in [5.74, 6) is 0.540. The maximum atomic E-state index is 11.7. The van der Waals surface area contributed by atoms with Crippen LogP contribution in [0.4, 0.5) is 5.69 Å². The summed E-state index contributed by atoms with van der Waals surface area (Å²) in [7, 11) is 0. The van der Waals surface area contributed by atoms with E-state index in [0.29, 0.717) is 5.69 Å². The van der Waals surface area contributed by atoms with E-state index < -0.39 is 0 Å². The van der Waals surface area contributed by atoms with Gasteiger partial charge in [0.2, 0.25) is 5.82 Å². The predicted molar refractivity (Wildman–Crippen MR) is 62.6 cm³/mol. The van der Waals surface area contributed by atoms with Gasteiger partial charge in [-0.1, -0.05) is 6.92 Å². The van der Waals surface area contributed by atoms with Gasteiger partial charge in [0, 0.05) is 12.6 Å². The molecule has 6 nitrogen and oxygen atoms in total. The van der Waals surface area contributed by atoms with E-state index in [9.17, 15) is 4.79 Å². The summed E-state index contributed by atoms with van der Waals surface area (Å²) in [6, 6.07) is 3.50. The number of aromatic amines is 1. The van der Waals surface area contributed by atoms with Crippen LogP contribution in [0.1, 0.15) is 29.8 Å². The van der Waals surface area contributed by atoms with Gasteiger partial charge in [0.15, 0.2) is 0 Å². The zero-order valence-electron chi connectivity index (χ0n) is 9.47. The lowest BCUT2D eigenvalue weighted by molar-refractivity contribution is 0.101. The van der Waals surface area contributed by atoms with Crippen molar-refractivity contribution in [2.75, 3.05) is 5.32 Å². The van der Waals surface area contributed by atoms with Crippen LogP contribution >= 0.6 is 0 Å². The number of aryl methyl sites for hydroxylation is 1. The van der Waals surface area contributed by atoms with Crippen molar-refractivity contribution in [1.29, 1.82) is 0 Å². The first-order valence-electron chi connectivity index (χ1n) is 5.42. The Kier molecular flexibility index (Phi) is 3.44. The van der Waals surface area contributed by atoms with Gasteiger partial charge < -0.3 is 5.32 Å². The van der Waals surface area contributed by atoms with Gasteiger partial charge in [-0.2, -0.15) is 0 Å². The number of nitrogens with zero attached hydrogens (tertiary/aromatic N) is 3. The second-order valence-electron chi connectivity index (χ2n) is 3.55. The molecule has 6 heteroatoms. The molecule has 0 atom stereocenters.